The van der Waals surface area contributed by atoms with Gasteiger partial charge in [-0.05, 0) is 31.7 Å². The molecule has 1 rings (SSSR count). The van der Waals surface area contributed by atoms with Gasteiger partial charge < -0.3 is 16.8 Å². The van der Waals surface area contributed by atoms with Gasteiger partial charge in [0, 0.05) is 11.4 Å². The van der Waals surface area contributed by atoms with E-state index in [1.165, 1.54) is 0 Å². The van der Waals surface area contributed by atoms with Crippen LogP contribution in [0.15, 0.2) is 24.3 Å². The highest BCUT2D eigenvalue weighted by Gasteiger charge is 2.21. The quantitative estimate of drug-likeness (QED) is 0.647. The summed E-state index contributed by atoms with van der Waals surface area (Å²) < 4.78 is 0. The Morgan fingerprint density at radius 1 is 1.42 bits per heavy atom. The second-order valence-corrected chi connectivity index (χ2v) is 4.32. The smallest absolute Gasteiger partial charge is 0.241 e. The lowest BCUT2D eigenvalue weighted by Gasteiger charge is -2.25. The van der Waals surface area contributed by atoms with Crippen LogP contribution in [0.25, 0.3) is 0 Å². The van der Waals surface area contributed by atoms with Gasteiger partial charge in [-0.15, -0.1) is 0 Å². The molecule has 0 saturated heterocycles. The third-order valence-corrected chi connectivity index (χ3v) is 2.85. The van der Waals surface area contributed by atoms with Crippen molar-refractivity contribution in [2.45, 2.75) is 19.9 Å². The summed E-state index contributed by atoms with van der Waals surface area (Å²) in [5, 5.41) is 2.76. The molecule has 0 aromatic heterocycles. The van der Waals surface area contributed by atoms with Gasteiger partial charge in [0.1, 0.15) is 0 Å². The number of benzene rings is 1. The van der Waals surface area contributed by atoms with Gasteiger partial charge in [0.25, 0.3) is 0 Å². The number of hydrogen-bond donors (Lipinski definition) is 3. The summed E-state index contributed by atoms with van der Waals surface area (Å²) in [5.74, 6) is -0.654. The van der Waals surface area contributed by atoms with Crippen molar-refractivity contribution in [3.63, 3.8) is 0 Å². The molecule has 104 valence electrons. The number of nitrogen functional groups attached to an aromatic ring is 1. The number of carbonyl (C=O) groups excluding carboxylic acids is 2. The van der Waals surface area contributed by atoms with Crippen LogP contribution in [0.3, 0.4) is 0 Å². The minimum atomic E-state index is -0.453. The molecule has 0 radical (unpaired) electrons. The molecule has 2 amide bonds. The first-order valence-corrected chi connectivity index (χ1v) is 6.12. The van der Waals surface area contributed by atoms with Crippen LogP contribution >= 0.6 is 0 Å². The van der Waals surface area contributed by atoms with E-state index >= 15 is 0 Å². The van der Waals surface area contributed by atoms with E-state index in [1.807, 2.05) is 6.92 Å². The molecule has 1 aromatic rings. The Hall–Kier alpha value is -2.08. The molecule has 0 heterocycles. The highest BCUT2D eigenvalue weighted by molar-refractivity contribution is 5.95. The summed E-state index contributed by atoms with van der Waals surface area (Å²) in [7, 11) is 0. The molecule has 0 spiro atoms. The normalized spacial score (nSPS) is 12.2. The van der Waals surface area contributed by atoms with E-state index in [4.69, 9.17) is 11.5 Å². The van der Waals surface area contributed by atoms with E-state index in [0.717, 1.165) is 0 Å². The summed E-state index contributed by atoms with van der Waals surface area (Å²) in [6.45, 7) is 4.22. The standard InChI is InChI=1S/C13H20N4O2/c1-3-17(8-12(15)18)9(2)13(19)16-11-6-4-5-10(14)7-11/h4-7,9H,3,8,14H2,1-2H3,(H2,15,18)(H,16,19). The molecule has 1 aromatic carbocycles. The van der Waals surface area contributed by atoms with Gasteiger partial charge in [-0.2, -0.15) is 0 Å². The fourth-order valence-electron chi connectivity index (χ4n) is 1.75. The van der Waals surface area contributed by atoms with Crippen molar-refractivity contribution in [2.75, 3.05) is 24.1 Å². The summed E-state index contributed by atoms with van der Waals surface area (Å²) in [5.41, 5.74) is 12.0. The van der Waals surface area contributed by atoms with Crippen LogP contribution in [0, 0.1) is 0 Å². The molecule has 19 heavy (non-hydrogen) atoms. The predicted molar refractivity (Wildman–Crippen MR) is 75.4 cm³/mol. The summed E-state index contributed by atoms with van der Waals surface area (Å²) in [4.78, 5) is 24.7. The Bertz CT molecular complexity index is 462. The van der Waals surface area contributed by atoms with Gasteiger partial charge in [0.05, 0.1) is 12.6 Å². The number of amides is 2. The number of nitrogens with one attached hydrogen (secondary N) is 1. The zero-order valence-corrected chi connectivity index (χ0v) is 11.2. The van der Waals surface area contributed by atoms with Crippen LogP contribution in [0.1, 0.15) is 13.8 Å². The maximum atomic E-state index is 12.1. The van der Waals surface area contributed by atoms with Crippen LogP contribution in [0.4, 0.5) is 11.4 Å². The number of nitrogens with zero attached hydrogens (tertiary/aromatic N) is 1. The number of likely N-dealkylation sites (N-methyl/N-ethyl adjacent to an activating group) is 1. The molecule has 1 atom stereocenters. The average molecular weight is 264 g/mol. The molecule has 0 fully saturated rings. The van der Waals surface area contributed by atoms with Crippen LogP contribution in [0.5, 0.6) is 0 Å². The summed E-state index contributed by atoms with van der Waals surface area (Å²) in [6, 6.07) is 6.49. The Labute approximate surface area is 112 Å². The van der Waals surface area contributed by atoms with E-state index in [-0.39, 0.29) is 12.5 Å². The maximum Gasteiger partial charge on any atom is 0.241 e. The van der Waals surface area contributed by atoms with E-state index in [9.17, 15) is 9.59 Å². The van der Waals surface area contributed by atoms with Crippen molar-refractivity contribution in [1.82, 2.24) is 4.90 Å². The predicted octanol–water partition coefficient (Wildman–Crippen LogP) is 0.403. The van der Waals surface area contributed by atoms with E-state index in [0.29, 0.717) is 17.9 Å². The Morgan fingerprint density at radius 3 is 2.63 bits per heavy atom. The van der Waals surface area contributed by atoms with Crippen molar-refractivity contribution in [3.05, 3.63) is 24.3 Å². The Kier molecular flexibility index (Phi) is 5.32. The van der Waals surface area contributed by atoms with Gasteiger partial charge in [-0.25, -0.2) is 0 Å². The molecule has 0 saturated carbocycles. The first-order chi connectivity index (χ1) is 8.93. The molecule has 5 N–H and O–H groups in total. The minimum Gasteiger partial charge on any atom is -0.399 e. The lowest BCUT2D eigenvalue weighted by atomic mass is 10.2. The van der Waals surface area contributed by atoms with Gasteiger partial charge >= 0.3 is 0 Å². The Balaban J connectivity index is 2.68. The van der Waals surface area contributed by atoms with Gasteiger partial charge in [0.15, 0.2) is 0 Å². The largest absolute Gasteiger partial charge is 0.399 e. The highest BCUT2D eigenvalue weighted by Crippen LogP contribution is 2.12. The average Bonchev–Trinajstić information content (AvgIpc) is 2.34. The van der Waals surface area contributed by atoms with E-state index in [2.05, 4.69) is 5.32 Å². The number of nitrogens with two attached hydrogens (primary N) is 2. The fraction of sp³-hybridized carbons (Fsp3) is 0.385. The number of rotatable bonds is 6. The topological polar surface area (TPSA) is 101 Å². The lowest BCUT2D eigenvalue weighted by Crippen LogP contribution is -2.45. The summed E-state index contributed by atoms with van der Waals surface area (Å²) >= 11 is 0. The number of primary amides is 1. The van der Waals surface area contributed by atoms with Crippen molar-refractivity contribution < 1.29 is 9.59 Å². The number of carbonyl (C=O) groups is 2. The van der Waals surface area contributed by atoms with Gasteiger partial charge in [-0.1, -0.05) is 13.0 Å². The number of hydrogen-bond acceptors (Lipinski definition) is 4. The second-order valence-electron chi connectivity index (χ2n) is 4.32. The molecular weight excluding hydrogens is 244 g/mol. The summed E-state index contributed by atoms with van der Waals surface area (Å²) in [6.07, 6.45) is 0. The lowest BCUT2D eigenvalue weighted by molar-refractivity contribution is -0.123. The van der Waals surface area contributed by atoms with Crippen LogP contribution < -0.4 is 16.8 Å². The molecule has 6 heteroatoms. The van der Waals surface area contributed by atoms with Crippen molar-refractivity contribution in [3.8, 4) is 0 Å². The van der Waals surface area contributed by atoms with E-state index in [1.54, 1.807) is 36.1 Å². The van der Waals surface area contributed by atoms with Gasteiger partial charge in [0.2, 0.25) is 11.8 Å². The van der Waals surface area contributed by atoms with Crippen LogP contribution in [-0.4, -0.2) is 35.8 Å². The Morgan fingerprint density at radius 2 is 2.11 bits per heavy atom. The van der Waals surface area contributed by atoms with Gasteiger partial charge in [-0.3, -0.25) is 14.5 Å². The molecular formula is C13H20N4O2. The highest BCUT2D eigenvalue weighted by atomic mass is 16.2. The first-order valence-electron chi connectivity index (χ1n) is 6.12. The zero-order chi connectivity index (χ0) is 14.4. The molecule has 1 unspecified atom stereocenters. The third kappa shape index (κ3) is 4.59. The molecule has 0 bridgehead atoms. The second kappa shape index (κ2) is 6.75. The molecule has 0 aliphatic carbocycles. The van der Waals surface area contributed by atoms with Crippen LogP contribution in [0.2, 0.25) is 0 Å². The van der Waals surface area contributed by atoms with E-state index < -0.39 is 11.9 Å². The van der Waals surface area contributed by atoms with Crippen molar-refractivity contribution in [1.29, 1.82) is 0 Å². The molecule has 0 aliphatic rings. The first kappa shape index (κ1) is 15.0. The molecule has 6 nitrogen and oxygen atoms in total. The molecule has 0 aliphatic heterocycles. The SMILES string of the molecule is CCN(CC(N)=O)C(C)C(=O)Nc1cccc(N)c1. The number of anilines is 2. The fourth-order valence-corrected chi connectivity index (χ4v) is 1.75. The maximum absolute atomic E-state index is 12.1. The third-order valence-electron chi connectivity index (χ3n) is 2.85. The minimum absolute atomic E-state index is 0.0576. The monoisotopic (exact) mass is 264 g/mol. The van der Waals surface area contributed by atoms with Crippen molar-refractivity contribution >= 4 is 23.2 Å². The zero-order valence-electron chi connectivity index (χ0n) is 11.2. The van der Waals surface area contributed by atoms with Crippen molar-refractivity contribution in [2.24, 2.45) is 5.73 Å². The van der Waals surface area contributed by atoms with Crippen LogP contribution in [-0.2, 0) is 9.59 Å².